The molecule has 0 bridgehead atoms. The van der Waals surface area contributed by atoms with E-state index in [9.17, 15) is 4.79 Å². The number of carbonyl (C=O) groups is 1. The van der Waals surface area contributed by atoms with Gasteiger partial charge in [0.2, 0.25) is 0 Å². The van der Waals surface area contributed by atoms with Gasteiger partial charge in [-0.15, -0.1) is 0 Å². The summed E-state index contributed by atoms with van der Waals surface area (Å²) in [6.07, 6.45) is 0. The first-order valence-corrected chi connectivity index (χ1v) is 11.2. The van der Waals surface area contributed by atoms with Gasteiger partial charge < -0.3 is 23.9 Å². The first-order chi connectivity index (χ1) is 15.7. The summed E-state index contributed by atoms with van der Waals surface area (Å²) in [6.45, 7) is 8.18. The van der Waals surface area contributed by atoms with Gasteiger partial charge in [0.1, 0.15) is 29.6 Å². The molecule has 1 atom stereocenters. The fourth-order valence-corrected chi connectivity index (χ4v) is 3.67. The summed E-state index contributed by atoms with van der Waals surface area (Å²) in [5, 5.41) is 3.65. The van der Waals surface area contributed by atoms with E-state index in [1.54, 1.807) is 26.4 Å². The maximum absolute atomic E-state index is 12.8. The summed E-state index contributed by atoms with van der Waals surface area (Å²) in [7, 11) is 3.18. The number of aryl methyl sites for hydroxylation is 1. The van der Waals surface area contributed by atoms with Crippen molar-refractivity contribution in [1.29, 1.82) is 0 Å². The van der Waals surface area contributed by atoms with Gasteiger partial charge in [-0.1, -0.05) is 25.4 Å². The lowest BCUT2D eigenvalue weighted by molar-refractivity contribution is 0.0907. The van der Waals surface area contributed by atoms with Crippen molar-refractivity contribution in [1.82, 2.24) is 5.32 Å². The normalized spacial score (nSPS) is 11.9. The van der Waals surface area contributed by atoms with Crippen LogP contribution in [-0.2, 0) is 6.61 Å². The van der Waals surface area contributed by atoms with Crippen LogP contribution in [0.3, 0.4) is 0 Å². The Balaban J connectivity index is 1.69. The Labute approximate surface area is 199 Å². The Morgan fingerprint density at radius 1 is 1.00 bits per heavy atom. The zero-order valence-corrected chi connectivity index (χ0v) is 20.6. The number of rotatable bonds is 9. The molecular weight excluding hydrogens is 442 g/mol. The number of benzene rings is 2. The molecule has 0 spiro atoms. The molecular formula is C26H30ClNO5. The Morgan fingerprint density at radius 3 is 2.42 bits per heavy atom. The largest absolute Gasteiger partial charge is 0.497 e. The second-order valence-corrected chi connectivity index (χ2v) is 8.56. The molecule has 0 saturated carbocycles. The van der Waals surface area contributed by atoms with Crippen LogP contribution in [0.15, 0.2) is 46.9 Å². The van der Waals surface area contributed by atoms with E-state index in [2.05, 4.69) is 19.2 Å². The summed E-state index contributed by atoms with van der Waals surface area (Å²) in [4.78, 5) is 12.8. The van der Waals surface area contributed by atoms with E-state index in [-0.39, 0.29) is 30.2 Å². The van der Waals surface area contributed by atoms with Crippen molar-refractivity contribution in [3.8, 4) is 17.2 Å². The molecule has 0 aliphatic carbocycles. The molecule has 7 heteroatoms. The number of hydrogen-bond acceptors (Lipinski definition) is 5. The van der Waals surface area contributed by atoms with E-state index in [1.807, 2.05) is 44.2 Å². The van der Waals surface area contributed by atoms with Gasteiger partial charge in [-0.3, -0.25) is 4.79 Å². The van der Waals surface area contributed by atoms with Crippen molar-refractivity contribution < 1.29 is 23.4 Å². The summed E-state index contributed by atoms with van der Waals surface area (Å²) < 4.78 is 22.5. The van der Waals surface area contributed by atoms with Crippen molar-refractivity contribution in [2.75, 3.05) is 14.2 Å². The number of carbonyl (C=O) groups excluding carboxylic acids is 1. The molecule has 3 rings (SSSR count). The first-order valence-electron chi connectivity index (χ1n) is 10.8. The lowest BCUT2D eigenvalue weighted by atomic mass is 10.0. The van der Waals surface area contributed by atoms with E-state index in [1.165, 1.54) is 0 Å². The third kappa shape index (κ3) is 5.82. The molecule has 0 saturated heterocycles. The van der Waals surface area contributed by atoms with Gasteiger partial charge in [0.05, 0.1) is 20.3 Å². The molecule has 176 valence electrons. The molecule has 1 heterocycles. The van der Waals surface area contributed by atoms with Crippen LogP contribution in [0.5, 0.6) is 17.2 Å². The number of amides is 1. The van der Waals surface area contributed by atoms with Crippen LogP contribution in [0, 0.1) is 6.92 Å². The van der Waals surface area contributed by atoms with E-state index < -0.39 is 0 Å². The fourth-order valence-electron chi connectivity index (χ4n) is 3.50. The zero-order valence-electron chi connectivity index (χ0n) is 19.8. The number of halogens is 1. The topological polar surface area (TPSA) is 69.9 Å². The van der Waals surface area contributed by atoms with Crippen LogP contribution in [0.25, 0.3) is 0 Å². The summed E-state index contributed by atoms with van der Waals surface area (Å²) in [5.74, 6) is 2.79. The molecule has 6 nitrogen and oxygen atoms in total. The number of ether oxygens (including phenoxy) is 3. The first kappa shape index (κ1) is 24.5. The lowest BCUT2D eigenvalue weighted by Gasteiger charge is -2.17. The van der Waals surface area contributed by atoms with Gasteiger partial charge >= 0.3 is 0 Å². The zero-order chi connectivity index (χ0) is 24.1. The summed E-state index contributed by atoms with van der Waals surface area (Å²) in [6, 6.07) is 12.4. The molecule has 2 aromatic carbocycles. The SMILES string of the molecule is COc1ccc(OC)c(C(C)NC(=O)c2ccc(COc3cc(C)c(Cl)cc3C(C)C)o2)c1. The Bertz CT molecular complexity index is 1120. The Kier molecular flexibility index (Phi) is 7.92. The smallest absolute Gasteiger partial charge is 0.287 e. The van der Waals surface area contributed by atoms with Gasteiger partial charge in [-0.2, -0.15) is 0 Å². The highest BCUT2D eigenvalue weighted by atomic mass is 35.5. The molecule has 1 N–H and O–H groups in total. The summed E-state index contributed by atoms with van der Waals surface area (Å²) in [5.41, 5.74) is 2.77. The Morgan fingerprint density at radius 2 is 1.76 bits per heavy atom. The van der Waals surface area contributed by atoms with E-state index in [4.69, 9.17) is 30.2 Å². The summed E-state index contributed by atoms with van der Waals surface area (Å²) >= 11 is 6.27. The second-order valence-electron chi connectivity index (χ2n) is 8.15. The quantitative estimate of drug-likeness (QED) is 0.388. The van der Waals surface area contributed by atoms with Crippen LogP contribution in [0.4, 0.5) is 0 Å². The predicted octanol–water partition coefficient (Wildman–Crippen LogP) is 6.45. The maximum atomic E-state index is 12.8. The van der Waals surface area contributed by atoms with Crippen LogP contribution in [0.2, 0.25) is 5.02 Å². The average Bonchev–Trinajstić information content (AvgIpc) is 3.28. The van der Waals surface area contributed by atoms with Crippen molar-refractivity contribution >= 4 is 17.5 Å². The molecule has 33 heavy (non-hydrogen) atoms. The molecule has 0 radical (unpaired) electrons. The van der Waals surface area contributed by atoms with Crippen LogP contribution in [-0.4, -0.2) is 20.1 Å². The Hall–Kier alpha value is -3.12. The minimum absolute atomic E-state index is 0.202. The van der Waals surface area contributed by atoms with E-state index in [0.717, 1.165) is 22.4 Å². The van der Waals surface area contributed by atoms with Crippen LogP contribution < -0.4 is 19.5 Å². The number of nitrogens with one attached hydrogen (secondary N) is 1. The highest BCUT2D eigenvalue weighted by Crippen LogP contribution is 2.33. The highest BCUT2D eigenvalue weighted by molar-refractivity contribution is 6.31. The van der Waals surface area contributed by atoms with Gasteiger partial charge in [-0.25, -0.2) is 0 Å². The third-order valence-corrected chi connectivity index (χ3v) is 5.83. The highest BCUT2D eigenvalue weighted by Gasteiger charge is 2.19. The molecule has 3 aromatic rings. The van der Waals surface area contributed by atoms with Crippen LogP contribution in [0.1, 0.15) is 65.7 Å². The molecule has 1 aromatic heterocycles. The standard InChI is InChI=1S/C26H30ClNO5/c1-15(2)20-13-22(27)16(3)11-25(20)32-14-19-8-10-24(33-19)26(29)28-17(4)21-12-18(30-5)7-9-23(21)31-6/h7-13,15,17H,14H2,1-6H3,(H,28,29). The third-order valence-electron chi connectivity index (χ3n) is 5.42. The molecule has 0 aliphatic rings. The van der Waals surface area contributed by atoms with Crippen LogP contribution >= 0.6 is 11.6 Å². The second kappa shape index (κ2) is 10.7. The maximum Gasteiger partial charge on any atom is 0.287 e. The van der Waals surface area contributed by atoms with Crippen molar-refractivity contribution in [2.24, 2.45) is 0 Å². The molecule has 1 amide bonds. The van der Waals surface area contributed by atoms with Gasteiger partial charge in [0.15, 0.2) is 5.76 Å². The van der Waals surface area contributed by atoms with E-state index >= 15 is 0 Å². The van der Waals surface area contributed by atoms with Gasteiger partial charge in [0.25, 0.3) is 5.91 Å². The van der Waals surface area contributed by atoms with Gasteiger partial charge in [-0.05, 0) is 73.4 Å². The lowest BCUT2D eigenvalue weighted by Crippen LogP contribution is -2.26. The minimum Gasteiger partial charge on any atom is -0.497 e. The van der Waals surface area contributed by atoms with Crippen molar-refractivity contribution in [3.05, 3.63) is 75.7 Å². The minimum atomic E-state index is -0.330. The van der Waals surface area contributed by atoms with E-state index in [0.29, 0.717) is 22.3 Å². The average molecular weight is 472 g/mol. The fraction of sp³-hybridized carbons (Fsp3) is 0.346. The van der Waals surface area contributed by atoms with Crippen molar-refractivity contribution in [3.63, 3.8) is 0 Å². The van der Waals surface area contributed by atoms with Gasteiger partial charge in [0, 0.05) is 10.6 Å². The molecule has 0 aliphatic heterocycles. The number of hydrogen-bond donors (Lipinski definition) is 1. The number of furan rings is 1. The monoisotopic (exact) mass is 471 g/mol. The van der Waals surface area contributed by atoms with Crippen molar-refractivity contribution in [2.45, 2.75) is 46.3 Å². The molecule has 1 unspecified atom stereocenters. The molecule has 0 fully saturated rings. The predicted molar refractivity (Wildman–Crippen MR) is 129 cm³/mol. The number of methoxy groups -OCH3 is 2.